The van der Waals surface area contributed by atoms with Crippen molar-refractivity contribution in [2.24, 2.45) is 0 Å². The average Bonchev–Trinajstić information content (AvgIpc) is 2.58. The largest absolute Gasteiger partial charge is 0.356 e. The van der Waals surface area contributed by atoms with Crippen LogP contribution in [0.4, 0.5) is 5.82 Å². The second kappa shape index (κ2) is 6.13. The van der Waals surface area contributed by atoms with Gasteiger partial charge < -0.3 is 4.90 Å². The molecule has 1 aliphatic rings. The van der Waals surface area contributed by atoms with Crippen LogP contribution < -0.4 is 4.90 Å². The average molecular weight is 331 g/mol. The second-order valence-corrected chi connectivity index (χ2v) is 9.17. The summed E-state index contributed by atoms with van der Waals surface area (Å²) in [6, 6.07) is 4.01. The lowest BCUT2D eigenvalue weighted by atomic mass is 9.91. The molecule has 0 aliphatic carbocycles. The monoisotopic (exact) mass is 330 g/mol. The van der Waals surface area contributed by atoms with Crippen molar-refractivity contribution in [2.75, 3.05) is 29.5 Å². The zero-order valence-electron chi connectivity index (χ0n) is 12.9. The van der Waals surface area contributed by atoms with Crippen molar-refractivity contribution in [3.05, 3.63) is 23.4 Å². The summed E-state index contributed by atoms with van der Waals surface area (Å²) in [6.45, 7) is 7.57. The molecule has 6 heteroatoms. The van der Waals surface area contributed by atoms with Crippen molar-refractivity contribution in [3.8, 4) is 0 Å². The lowest BCUT2D eigenvalue weighted by molar-refractivity contribution is 0.567. The first-order valence-electron chi connectivity index (χ1n) is 7.24. The second-order valence-electron chi connectivity index (χ2n) is 6.59. The number of nitrogens with zero attached hydrogens (tertiary/aromatic N) is 2. The smallest absolute Gasteiger partial charge is 0.152 e. The predicted octanol–water partition coefficient (Wildman–Crippen LogP) is 2.74. The third-order valence-electron chi connectivity index (χ3n) is 3.67. The van der Waals surface area contributed by atoms with Gasteiger partial charge in [0.25, 0.3) is 0 Å². The van der Waals surface area contributed by atoms with Crippen LogP contribution in [0.3, 0.4) is 0 Å². The summed E-state index contributed by atoms with van der Waals surface area (Å²) in [7, 11) is -2.91. The molecule has 118 valence electrons. The van der Waals surface area contributed by atoms with E-state index >= 15 is 0 Å². The number of aromatic nitrogens is 1. The number of rotatable bonds is 2. The van der Waals surface area contributed by atoms with Crippen LogP contribution in [0.25, 0.3) is 0 Å². The predicted molar refractivity (Wildman–Crippen MR) is 88.0 cm³/mol. The minimum Gasteiger partial charge on any atom is -0.356 e. The van der Waals surface area contributed by atoms with Gasteiger partial charge in [-0.2, -0.15) is 0 Å². The van der Waals surface area contributed by atoms with Crippen LogP contribution >= 0.6 is 11.6 Å². The molecule has 0 saturated carbocycles. The highest BCUT2D eigenvalue weighted by atomic mass is 35.5. The molecular weight excluding hydrogens is 308 g/mol. The van der Waals surface area contributed by atoms with Crippen molar-refractivity contribution in [2.45, 2.75) is 38.5 Å². The number of halogens is 1. The van der Waals surface area contributed by atoms with E-state index in [9.17, 15) is 8.42 Å². The van der Waals surface area contributed by atoms with Gasteiger partial charge in [0.2, 0.25) is 0 Å². The Labute approximate surface area is 132 Å². The number of hydrogen-bond donors (Lipinski definition) is 0. The van der Waals surface area contributed by atoms with Gasteiger partial charge in [0.1, 0.15) is 5.82 Å². The summed E-state index contributed by atoms with van der Waals surface area (Å²) in [5.74, 6) is 1.75. The fraction of sp³-hybridized carbons (Fsp3) is 0.667. The van der Waals surface area contributed by atoms with Crippen molar-refractivity contribution < 1.29 is 8.42 Å². The van der Waals surface area contributed by atoms with Crippen LogP contribution in [-0.4, -0.2) is 38.0 Å². The van der Waals surface area contributed by atoms with Crippen molar-refractivity contribution in [1.82, 2.24) is 4.98 Å². The van der Waals surface area contributed by atoms with Crippen LogP contribution in [0.2, 0.25) is 0 Å². The number of hydrogen-bond acceptors (Lipinski definition) is 4. The summed E-state index contributed by atoms with van der Waals surface area (Å²) >= 11 is 6.00. The highest BCUT2D eigenvalue weighted by Crippen LogP contribution is 2.26. The Bertz CT molecular complexity index is 609. The van der Waals surface area contributed by atoms with Crippen molar-refractivity contribution in [1.29, 1.82) is 0 Å². The third kappa shape index (κ3) is 4.33. The molecule has 0 unspecified atom stereocenters. The molecule has 1 saturated heterocycles. The fourth-order valence-corrected chi connectivity index (χ4v) is 3.79. The standard InChI is InChI=1S/C15H23ClN2O2S/c1-15(2,3)13-9-12(11-16)10-14(17-13)18-5-4-7-21(19,20)8-6-18/h9-10H,4-8,11H2,1-3H3. The topological polar surface area (TPSA) is 50.3 Å². The van der Waals surface area contributed by atoms with Gasteiger partial charge in [-0.15, -0.1) is 11.6 Å². The Kier molecular flexibility index (Phi) is 4.83. The quantitative estimate of drug-likeness (QED) is 0.782. The molecule has 1 aromatic rings. The molecule has 0 radical (unpaired) electrons. The highest BCUT2D eigenvalue weighted by molar-refractivity contribution is 7.91. The van der Waals surface area contributed by atoms with Crippen LogP contribution in [0.1, 0.15) is 38.4 Å². The maximum absolute atomic E-state index is 11.7. The van der Waals surface area contributed by atoms with Gasteiger partial charge in [0, 0.05) is 30.1 Å². The minimum atomic E-state index is -2.91. The number of alkyl halides is 1. The summed E-state index contributed by atoms with van der Waals surface area (Å²) in [5.41, 5.74) is 1.95. The van der Waals surface area contributed by atoms with E-state index in [4.69, 9.17) is 16.6 Å². The van der Waals surface area contributed by atoms with Gasteiger partial charge in [-0.3, -0.25) is 0 Å². The van der Waals surface area contributed by atoms with Crippen LogP contribution in [0, 0.1) is 0 Å². The molecule has 0 spiro atoms. The van der Waals surface area contributed by atoms with Gasteiger partial charge in [0.15, 0.2) is 9.84 Å². The molecule has 0 amide bonds. The SMILES string of the molecule is CC(C)(C)c1cc(CCl)cc(N2CCCS(=O)(=O)CC2)n1. The molecule has 0 atom stereocenters. The van der Waals surface area contributed by atoms with E-state index in [2.05, 4.69) is 25.7 Å². The molecule has 0 aromatic carbocycles. The lowest BCUT2D eigenvalue weighted by Gasteiger charge is -2.25. The van der Waals surface area contributed by atoms with Crippen molar-refractivity contribution in [3.63, 3.8) is 0 Å². The maximum Gasteiger partial charge on any atom is 0.152 e. The summed E-state index contributed by atoms with van der Waals surface area (Å²) in [6.07, 6.45) is 0.653. The number of sulfone groups is 1. The summed E-state index contributed by atoms with van der Waals surface area (Å²) < 4.78 is 23.5. The first-order valence-corrected chi connectivity index (χ1v) is 9.60. The van der Waals surface area contributed by atoms with Crippen LogP contribution in [-0.2, 0) is 21.1 Å². The molecule has 1 aliphatic heterocycles. The molecule has 21 heavy (non-hydrogen) atoms. The van der Waals surface area contributed by atoms with Crippen LogP contribution in [0.15, 0.2) is 12.1 Å². The first-order chi connectivity index (χ1) is 9.71. The van der Waals surface area contributed by atoms with E-state index in [1.165, 1.54) is 0 Å². The molecule has 0 N–H and O–H groups in total. The summed E-state index contributed by atoms with van der Waals surface area (Å²) in [4.78, 5) is 6.80. The third-order valence-corrected chi connectivity index (χ3v) is 5.70. The molecule has 0 bridgehead atoms. The van der Waals surface area contributed by atoms with E-state index in [-0.39, 0.29) is 16.9 Å². The Hall–Kier alpha value is -0.810. The van der Waals surface area contributed by atoms with E-state index in [0.717, 1.165) is 23.6 Å². The Morgan fingerprint density at radius 2 is 1.95 bits per heavy atom. The van der Waals surface area contributed by atoms with Gasteiger partial charge >= 0.3 is 0 Å². The number of pyridine rings is 1. The molecular formula is C15H23ClN2O2S. The highest BCUT2D eigenvalue weighted by Gasteiger charge is 2.22. The Morgan fingerprint density at radius 3 is 2.57 bits per heavy atom. The lowest BCUT2D eigenvalue weighted by Crippen LogP contribution is -2.28. The molecule has 4 nitrogen and oxygen atoms in total. The van der Waals surface area contributed by atoms with E-state index in [1.807, 2.05) is 12.1 Å². The first kappa shape index (κ1) is 16.6. The molecule has 1 fully saturated rings. The Morgan fingerprint density at radius 1 is 1.24 bits per heavy atom. The van der Waals surface area contributed by atoms with Crippen LogP contribution in [0.5, 0.6) is 0 Å². The fourth-order valence-electron chi connectivity index (χ4n) is 2.36. The van der Waals surface area contributed by atoms with E-state index in [1.54, 1.807) is 0 Å². The molecule has 2 rings (SSSR count). The number of anilines is 1. The zero-order chi connectivity index (χ0) is 15.7. The van der Waals surface area contributed by atoms with E-state index in [0.29, 0.717) is 18.8 Å². The Balaban J connectivity index is 2.34. The maximum atomic E-state index is 11.7. The van der Waals surface area contributed by atoms with Gasteiger partial charge in [-0.25, -0.2) is 13.4 Å². The van der Waals surface area contributed by atoms with Gasteiger partial charge in [-0.05, 0) is 24.1 Å². The minimum absolute atomic E-state index is 0.0608. The zero-order valence-corrected chi connectivity index (χ0v) is 14.5. The van der Waals surface area contributed by atoms with Gasteiger partial charge in [-0.1, -0.05) is 20.8 Å². The molecule has 2 heterocycles. The summed E-state index contributed by atoms with van der Waals surface area (Å²) in [5, 5.41) is 0. The van der Waals surface area contributed by atoms with E-state index < -0.39 is 9.84 Å². The van der Waals surface area contributed by atoms with Crippen molar-refractivity contribution >= 4 is 27.3 Å². The van der Waals surface area contributed by atoms with Gasteiger partial charge in [0.05, 0.1) is 11.5 Å². The molecule has 1 aromatic heterocycles. The normalized spacial score (nSPS) is 19.3.